The number of nitrogens with two attached hydrogens (primary N) is 1. The molecule has 0 aliphatic carbocycles. The summed E-state index contributed by atoms with van der Waals surface area (Å²) in [7, 11) is 0. The van der Waals surface area contributed by atoms with Gasteiger partial charge in [0.2, 0.25) is 5.91 Å². The number of pyridine rings is 1. The number of fused-ring (bicyclic) bond motifs is 1. The van der Waals surface area contributed by atoms with E-state index in [-0.39, 0.29) is 11.7 Å². The summed E-state index contributed by atoms with van der Waals surface area (Å²) in [4.78, 5) is 12.0. The molecule has 1 aromatic carbocycles. The van der Waals surface area contributed by atoms with Crippen molar-refractivity contribution >= 4 is 46.3 Å². The quantitative estimate of drug-likeness (QED) is 0.717. The first-order chi connectivity index (χ1) is 10.6. The van der Waals surface area contributed by atoms with Crippen LogP contribution in [0, 0.1) is 0 Å². The van der Waals surface area contributed by atoms with E-state index in [9.17, 15) is 4.79 Å². The van der Waals surface area contributed by atoms with Crippen LogP contribution in [0.15, 0.2) is 47.8 Å². The van der Waals surface area contributed by atoms with Gasteiger partial charge < -0.3 is 11.1 Å². The number of hydrogen-bond donors (Lipinski definition) is 2. The van der Waals surface area contributed by atoms with Crippen LogP contribution in [-0.2, 0) is 4.79 Å². The van der Waals surface area contributed by atoms with Crippen molar-refractivity contribution in [1.82, 2.24) is 14.6 Å². The Morgan fingerprint density at radius 2 is 2.09 bits per heavy atom. The lowest BCUT2D eigenvalue weighted by Crippen LogP contribution is -2.14. The van der Waals surface area contributed by atoms with Crippen LogP contribution < -0.4 is 11.1 Å². The zero-order valence-electron chi connectivity index (χ0n) is 11.4. The molecular formula is C14H12ClN5OS. The van der Waals surface area contributed by atoms with Crippen molar-refractivity contribution in [3.8, 4) is 0 Å². The SMILES string of the molecule is Nc1ccc2nnc(SCC(=O)Nc3ccccc3Cl)n2c1. The maximum absolute atomic E-state index is 12.0. The minimum Gasteiger partial charge on any atom is -0.398 e. The molecule has 112 valence electrons. The summed E-state index contributed by atoms with van der Waals surface area (Å²) in [5, 5.41) is 11.9. The van der Waals surface area contributed by atoms with E-state index in [0.717, 1.165) is 0 Å². The maximum Gasteiger partial charge on any atom is 0.234 e. The number of anilines is 2. The first-order valence-electron chi connectivity index (χ1n) is 6.41. The number of amides is 1. The van der Waals surface area contributed by atoms with Gasteiger partial charge in [-0.2, -0.15) is 0 Å². The van der Waals surface area contributed by atoms with Crippen LogP contribution in [0.5, 0.6) is 0 Å². The molecule has 0 saturated carbocycles. The predicted molar refractivity (Wildman–Crippen MR) is 88.2 cm³/mol. The Kier molecular flexibility index (Phi) is 4.17. The molecule has 1 amide bonds. The predicted octanol–water partition coefficient (Wildman–Crippen LogP) is 2.70. The number of carbonyl (C=O) groups excluding carboxylic acids is 1. The van der Waals surface area contributed by atoms with Gasteiger partial charge in [-0.3, -0.25) is 9.20 Å². The molecule has 0 atom stereocenters. The Hall–Kier alpha value is -2.25. The van der Waals surface area contributed by atoms with Gasteiger partial charge >= 0.3 is 0 Å². The number of thioether (sulfide) groups is 1. The zero-order valence-corrected chi connectivity index (χ0v) is 12.9. The second-order valence-electron chi connectivity index (χ2n) is 4.49. The third-order valence-corrected chi connectivity index (χ3v) is 4.15. The van der Waals surface area contributed by atoms with Crippen LogP contribution in [-0.4, -0.2) is 26.3 Å². The van der Waals surface area contributed by atoms with Crippen LogP contribution in [0.4, 0.5) is 11.4 Å². The zero-order chi connectivity index (χ0) is 15.5. The third-order valence-electron chi connectivity index (χ3n) is 2.87. The van der Waals surface area contributed by atoms with Gasteiger partial charge in [-0.05, 0) is 24.3 Å². The van der Waals surface area contributed by atoms with Gasteiger partial charge in [0.1, 0.15) is 0 Å². The molecule has 3 N–H and O–H groups in total. The number of nitrogens with one attached hydrogen (secondary N) is 1. The highest BCUT2D eigenvalue weighted by Gasteiger charge is 2.10. The average Bonchev–Trinajstić information content (AvgIpc) is 2.90. The molecule has 2 heterocycles. The Balaban J connectivity index is 1.68. The number of hydrogen-bond acceptors (Lipinski definition) is 5. The number of rotatable bonds is 4. The first kappa shape index (κ1) is 14.7. The molecular weight excluding hydrogens is 322 g/mol. The molecule has 0 unspecified atom stereocenters. The number of carbonyl (C=O) groups is 1. The minimum atomic E-state index is -0.168. The highest BCUT2D eigenvalue weighted by atomic mass is 35.5. The summed E-state index contributed by atoms with van der Waals surface area (Å²) in [6.45, 7) is 0. The number of para-hydroxylation sites is 1. The van der Waals surface area contributed by atoms with Crippen molar-refractivity contribution in [3.63, 3.8) is 0 Å². The number of halogens is 1. The summed E-state index contributed by atoms with van der Waals surface area (Å²) in [6.07, 6.45) is 1.73. The highest BCUT2D eigenvalue weighted by Crippen LogP contribution is 2.22. The summed E-state index contributed by atoms with van der Waals surface area (Å²) in [5.74, 6) is 0.0274. The summed E-state index contributed by atoms with van der Waals surface area (Å²) in [5.41, 5.74) is 7.62. The van der Waals surface area contributed by atoms with Crippen LogP contribution >= 0.6 is 23.4 Å². The van der Waals surface area contributed by atoms with Gasteiger partial charge in [-0.15, -0.1) is 10.2 Å². The van der Waals surface area contributed by atoms with Crippen LogP contribution in [0.1, 0.15) is 0 Å². The van der Waals surface area contributed by atoms with Crippen molar-refractivity contribution in [2.75, 3.05) is 16.8 Å². The molecule has 0 saturated heterocycles. The van der Waals surface area contributed by atoms with Crippen molar-refractivity contribution in [2.24, 2.45) is 0 Å². The molecule has 0 aliphatic rings. The maximum atomic E-state index is 12.0. The van der Waals surface area contributed by atoms with Gasteiger partial charge in [0, 0.05) is 11.9 Å². The van der Waals surface area contributed by atoms with Crippen molar-refractivity contribution in [3.05, 3.63) is 47.6 Å². The summed E-state index contributed by atoms with van der Waals surface area (Å²) >= 11 is 7.28. The largest absolute Gasteiger partial charge is 0.398 e. The number of nitrogens with zero attached hydrogens (tertiary/aromatic N) is 3. The smallest absolute Gasteiger partial charge is 0.234 e. The molecule has 3 rings (SSSR count). The fourth-order valence-corrected chi connectivity index (χ4v) is 2.76. The van der Waals surface area contributed by atoms with Gasteiger partial charge in [-0.1, -0.05) is 35.5 Å². The first-order valence-corrected chi connectivity index (χ1v) is 7.77. The van der Waals surface area contributed by atoms with Gasteiger partial charge in [0.15, 0.2) is 10.8 Å². The number of aromatic nitrogens is 3. The Morgan fingerprint density at radius 1 is 1.27 bits per heavy atom. The lowest BCUT2D eigenvalue weighted by Gasteiger charge is -2.06. The summed E-state index contributed by atoms with van der Waals surface area (Å²) < 4.78 is 1.75. The third kappa shape index (κ3) is 3.15. The van der Waals surface area contributed by atoms with E-state index in [1.807, 2.05) is 6.07 Å². The molecule has 2 aromatic heterocycles. The molecule has 0 aliphatic heterocycles. The number of nitrogen functional groups attached to an aromatic ring is 1. The molecule has 0 radical (unpaired) electrons. The van der Waals surface area contributed by atoms with Crippen LogP contribution in [0.3, 0.4) is 0 Å². The van der Waals surface area contributed by atoms with E-state index < -0.39 is 0 Å². The Bertz CT molecular complexity index is 835. The average molecular weight is 334 g/mol. The summed E-state index contributed by atoms with van der Waals surface area (Å²) in [6, 6.07) is 10.6. The van der Waals surface area contributed by atoms with Crippen LogP contribution in [0.2, 0.25) is 5.02 Å². The van der Waals surface area contributed by atoms with Crippen molar-refractivity contribution in [1.29, 1.82) is 0 Å². The molecule has 0 spiro atoms. The van der Waals surface area contributed by atoms with Crippen LogP contribution in [0.25, 0.3) is 5.65 Å². The van der Waals surface area contributed by atoms with E-state index in [4.69, 9.17) is 17.3 Å². The van der Waals surface area contributed by atoms with E-state index in [0.29, 0.717) is 27.2 Å². The van der Waals surface area contributed by atoms with E-state index in [1.54, 1.807) is 40.9 Å². The Morgan fingerprint density at radius 3 is 2.91 bits per heavy atom. The molecule has 0 bridgehead atoms. The lowest BCUT2D eigenvalue weighted by atomic mass is 10.3. The monoisotopic (exact) mass is 333 g/mol. The molecule has 3 aromatic rings. The molecule has 8 heteroatoms. The second-order valence-corrected chi connectivity index (χ2v) is 5.84. The Labute approximate surface area is 135 Å². The van der Waals surface area contributed by atoms with Crippen molar-refractivity contribution in [2.45, 2.75) is 5.16 Å². The fourth-order valence-electron chi connectivity index (χ4n) is 1.86. The molecule has 0 fully saturated rings. The van der Waals surface area contributed by atoms with Gasteiger partial charge in [0.05, 0.1) is 16.5 Å². The van der Waals surface area contributed by atoms with Crippen molar-refractivity contribution < 1.29 is 4.79 Å². The normalized spacial score (nSPS) is 10.8. The fraction of sp³-hybridized carbons (Fsp3) is 0.0714. The number of benzene rings is 1. The van der Waals surface area contributed by atoms with E-state index >= 15 is 0 Å². The van der Waals surface area contributed by atoms with E-state index in [1.165, 1.54) is 11.8 Å². The molecule has 6 nitrogen and oxygen atoms in total. The van der Waals surface area contributed by atoms with E-state index in [2.05, 4.69) is 15.5 Å². The lowest BCUT2D eigenvalue weighted by molar-refractivity contribution is -0.113. The second kappa shape index (κ2) is 6.25. The standard InChI is InChI=1S/C14H12ClN5OS/c15-10-3-1-2-4-11(10)17-13(21)8-22-14-19-18-12-6-5-9(16)7-20(12)14/h1-7H,8,16H2,(H,17,21). The molecule has 22 heavy (non-hydrogen) atoms. The van der Waals surface area contributed by atoms with Gasteiger partial charge in [0.25, 0.3) is 0 Å². The topological polar surface area (TPSA) is 85.3 Å². The minimum absolute atomic E-state index is 0.168. The highest BCUT2D eigenvalue weighted by molar-refractivity contribution is 7.99. The van der Waals surface area contributed by atoms with Gasteiger partial charge in [-0.25, -0.2) is 0 Å².